The molecule has 0 unspecified atom stereocenters. The van der Waals surface area contributed by atoms with Crippen molar-refractivity contribution in [3.05, 3.63) is 44.0 Å². The third kappa shape index (κ3) is 2.75. The smallest absolute Gasteiger partial charge is 0.256 e. The van der Waals surface area contributed by atoms with E-state index in [4.69, 9.17) is 0 Å². The van der Waals surface area contributed by atoms with Gasteiger partial charge in [-0.1, -0.05) is 17.8 Å². The molecule has 0 fully saturated rings. The van der Waals surface area contributed by atoms with Crippen LogP contribution in [0.25, 0.3) is 0 Å². The molecule has 6 heteroatoms. The molecular weight excluding hydrogens is 278 g/mol. The molecule has 4 nitrogen and oxygen atoms in total. The monoisotopic (exact) mass is 293 g/mol. The number of nitrogens with one attached hydrogen (secondary N) is 1. The first-order valence-electron chi connectivity index (χ1n) is 6.17. The summed E-state index contributed by atoms with van der Waals surface area (Å²) in [6.45, 7) is 2.58. The van der Waals surface area contributed by atoms with E-state index in [0.717, 1.165) is 35.9 Å². The Morgan fingerprint density at radius 3 is 3.21 bits per heavy atom. The van der Waals surface area contributed by atoms with E-state index in [2.05, 4.69) is 32.4 Å². The Morgan fingerprint density at radius 2 is 2.47 bits per heavy atom. The lowest BCUT2D eigenvalue weighted by Gasteiger charge is -2.27. The summed E-state index contributed by atoms with van der Waals surface area (Å²) < 4.78 is 0. The molecule has 0 saturated heterocycles. The largest absolute Gasteiger partial charge is 0.301 e. The van der Waals surface area contributed by atoms with Gasteiger partial charge >= 0.3 is 0 Å². The Kier molecular flexibility index (Phi) is 3.72. The van der Waals surface area contributed by atoms with Crippen LogP contribution < -0.4 is 5.56 Å². The van der Waals surface area contributed by atoms with Crippen LogP contribution in [0.2, 0.25) is 0 Å². The van der Waals surface area contributed by atoms with Gasteiger partial charge in [-0.05, 0) is 17.7 Å². The van der Waals surface area contributed by atoms with Crippen molar-refractivity contribution in [3.63, 3.8) is 0 Å². The Bertz CT molecular complexity index is 621. The first-order chi connectivity index (χ1) is 9.26. The Morgan fingerprint density at radius 1 is 1.58 bits per heavy atom. The molecule has 0 amide bonds. The molecule has 2 aromatic rings. The van der Waals surface area contributed by atoms with Gasteiger partial charge in [0.1, 0.15) is 0 Å². The minimum Gasteiger partial charge on any atom is -0.301 e. The summed E-state index contributed by atoms with van der Waals surface area (Å²) >= 11 is 3.24. The maximum absolute atomic E-state index is 12.1. The number of hydrogen-bond acceptors (Lipinski definition) is 5. The molecule has 3 rings (SSSR count). The molecule has 3 heterocycles. The second kappa shape index (κ2) is 5.48. The summed E-state index contributed by atoms with van der Waals surface area (Å²) in [5.41, 5.74) is 1.82. The highest BCUT2D eigenvalue weighted by atomic mass is 32.2. The van der Waals surface area contributed by atoms with Crippen molar-refractivity contribution in [1.29, 1.82) is 0 Å². The van der Waals surface area contributed by atoms with Gasteiger partial charge in [0.2, 0.25) is 0 Å². The zero-order chi connectivity index (χ0) is 13.2. The average molecular weight is 293 g/mol. The molecule has 0 atom stereocenters. The third-order valence-corrected chi connectivity index (χ3v) is 4.72. The SMILES string of the molecule is CSc1nc2c(c(=O)[nH]1)CN(Cc1cccs1)CC2. The molecular formula is C13H15N3OS2. The summed E-state index contributed by atoms with van der Waals surface area (Å²) in [5.74, 6) is 0. The maximum Gasteiger partial charge on any atom is 0.256 e. The van der Waals surface area contributed by atoms with Crippen molar-refractivity contribution in [1.82, 2.24) is 14.9 Å². The van der Waals surface area contributed by atoms with Crippen LogP contribution in [0.3, 0.4) is 0 Å². The normalized spacial score (nSPS) is 15.4. The van der Waals surface area contributed by atoms with Gasteiger partial charge in [0.05, 0.1) is 11.3 Å². The van der Waals surface area contributed by atoms with Gasteiger partial charge in [-0.15, -0.1) is 11.3 Å². The van der Waals surface area contributed by atoms with Crippen molar-refractivity contribution in [2.75, 3.05) is 12.8 Å². The number of thioether (sulfide) groups is 1. The number of H-pyrrole nitrogens is 1. The molecule has 0 aromatic carbocycles. The van der Waals surface area contributed by atoms with Gasteiger partial charge in [-0.2, -0.15) is 0 Å². The van der Waals surface area contributed by atoms with E-state index in [0.29, 0.717) is 6.54 Å². The first-order valence-corrected chi connectivity index (χ1v) is 8.27. The topological polar surface area (TPSA) is 49.0 Å². The molecule has 0 spiro atoms. The van der Waals surface area contributed by atoms with E-state index in [-0.39, 0.29) is 5.56 Å². The summed E-state index contributed by atoms with van der Waals surface area (Å²) in [5, 5.41) is 2.81. The lowest BCUT2D eigenvalue weighted by Crippen LogP contribution is -2.35. The van der Waals surface area contributed by atoms with E-state index in [1.54, 1.807) is 11.3 Å². The van der Waals surface area contributed by atoms with Gasteiger partial charge in [-0.25, -0.2) is 4.98 Å². The fourth-order valence-electron chi connectivity index (χ4n) is 2.31. The Hall–Kier alpha value is -1.11. The number of fused-ring (bicyclic) bond motifs is 1. The summed E-state index contributed by atoms with van der Waals surface area (Å²) in [6.07, 6.45) is 2.79. The lowest BCUT2D eigenvalue weighted by molar-refractivity contribution is 0.243. The number of hydrogen-bond donors (Lipinski definition) is 1. The van der Waals surface area contributed by atoms with E-state index < -0.39 is 0 Å². The molecule has 0 aliphatic carbocycles. The van der Waals surface area contributed by atoms with Crippen molar-refractivity contribution in [2.45, 2.75) is 24.7 Å². The Balaban J connectivity index is 1.82. The van der Waals surface area contributed by atoms with Crippen LogP contribution in [-0.2, 0) is 19.5 Å². The number of rotatable bonds is 3. The predicted octanol–water partition coefficient (Wildman–Crippen LogP) is 2.11. The maximum atomic E-state index is 12.1. The first kappa shape index (κ1) is 12.9. The Labute approximate surface area is 119 Å². The van der Waals surface area contributed by atoms with Gasteiger partial charge in [-0.3, -0.25) is 9.69 Å². The predicted molar refractivity (Wildman–Crippen MR) is 78.8 cm³/mol. The van der Waals surface area contributed by atoms with Gasteiger partial charge in [0.15, 0.2) is 5.16 Å². The van der Waals surface area contributed by atoms with Crippen LogP contribution in [0.1, 0.15) is 16.1 Å². The minimum absolute atomic E-state index is 0.0187. The number of nitrogens with zero attached hydrogens (tertiary/aromatic N) is 2. The molecule has 0 bridgehead atoms. The van der Waals surface area contributed by atoms with Crippen molar-refractivity contribution < 1.29 is 0 Å². The molecule has 1 aliphatic heterocycles. The van der Waals surface area contributed by atoms with Crippen LogP contribution in [0.4, 0.5) is 0 Å². The van der Waals surface area contributed by atoms with Gasteiger partial charge in [0.25, 0.3) is 5.56 Å². The van der Waals surface area contributed by atoms with E-state index >= 15 is 0 Å². The summed E-state index contributed by atoms with van der Waals surface area (Å²) in [7, 11) is 0. The molecule has 100 valence electrons. The van der Waals surface area contributed by atoms with Crippen LogP contribution in [-0.4, -0.2) is 27.7 Å². The van der Waals surface area contributed by atoms with E-state index in [1.807, 2.05) is 6.26 Å². The van der Waals surface area contributed by atoms with Crippen molar-refractivity contribution >= 4 is 23.1 Å². The summed E-state index contributed by atoms with van der Waals surface area (Å²) in [4.78, 5) is 23.1. The van der Waals surface area contributed by atoms with Crippen LogP contribution in [0.5, 0.6) is 0 Å². The van der Waals surface area contributed by atoms with E-state index in [9.17, 15) is 4.79 Å². The third-order valence-electron chi connectivity index (χ3n) is 3.28. The standard InChI is InChI=1S/C13H15N3OS2/c1-18-13-14-11-4-5-16(7-9-3-2-6-19-9)8-10(11)12(17)15-13/h2-3,6H,4-5,7-8H2,1H3,(H,14,15,17). The fraction of sp³-hybridized carbons (Fsp3) is 0.385. The number of aromatic amines is 1. The van der Waals surface area contributed by atoms with Crippen LogP contribution in [0, 0.1) is 0 Å². The molecule has 2 aromatic heterocycles. The second-order valence-electron chi connectivity index (χ2n) is 4.54. The van der Waals surface area contributed by atoms with Gasteiger partial charge < -0.3 is 4.98 Å². The van der Waals surface area contributed by atoms with E-state index in [1.165, 1.54) is 16.6 Å². The van der Waals surface area contributed by atoms with Crippen LogP contribution in [0.15, 0.2) is 27.5 Å². The molecule has 1 aliphatic rings. The number of thiophene rings is 1. The summed E-state index contributed by atoms with van der Waals surface area (Å²) in [6, 6.07) is 4.20. The fourth-order valence-corrected chi connectivity index (χ4v) is 3.46. The van der Waals surface area contributed by atoms with Crippen LogP contribution >= 0.6 is 23.1 Å². The average Bonchev–Trinajstić information content (AvgIpc) is 2.92. The molecule has 0 saturated carbocycles. The zero-order valence-electron chi connectivity index (χ0n) is 10.7. The molecule has 0 radical (unpaired) electrons. The molecule has 1 N–H and O–H groups in total. The highest BCUT2D eigenvalue weighted by Crippen LogP contribution is 2.19. The quantitative estimate of drug-likeness (QED) is 0.695. The highest BCUT2D eigenvalue weighted by molar-refractivity contribution is 7.98. The molecule has 19 heavy (non-hydrogen) atoms. The number of aromatic nitrogens is 2. The lowest BCUT2D eigenvalue weighted by atomic mass is 10.1. The second-order valence-corrected chi connectivity index (χ2v) is 6.37. The van der Waals surface area contributed by atoms with Gasteiger partial charge in [0, 0.05) is 30.9 Å². The minimum atomic E-state index is 0.0187. The van der Waals surface area contributed by atoms with Crippen molar-refractivity contribution in [2.24, 2.45) is 0 Å². The van der Waals surface area contributed by atoms with Crippen molar-refractivity contribution in [3.8, 4) is 0 Å². The zero-order valence-corrected chi connectivity index (χ0v) is 12.3. The highest BCUT2D eigenvalue weighted by Gasteiger charge is 2.21.